The van der Waals surface area contributed by atoms with Crippen LogP contribution in [0.2, 0.25) is 0 Å². The van der Waals surface area contributed by atoms with Gasteiger partial charge in [0.25, 0.3) is 0 Å². The van der Waals surface area contributed by atoms with E-state index < -0.39 is 0 Å². The van der Waals surface area contributed by atoms with E-state index in [4.69, 9.17) is 10.5 Å². The summed E-state index contributed by atoms with van der Waals surface area (Å²) >= 11 is 0. The van der Waals surface area contributed by atoms with Crippen molar-refractivity contribution in [3.05, 3.63) is 29.6 Å². The highest BCUT2D eigenvalue weighted by Gasteiger charge is 2.30. The lowest BCUT2D eigenvalue weighted by molar-refractivity contribution is 0.395. The number of nitrogen functional groups attached to an aromatic ring is 1. The summed E-state index contributed by atoms with van der Waals surface area (Å²) in [5.41, 5.74) is 7.78. The third kappa shape index (κ3) is 2.01. The number of pyridine rings is 1. The van der Waals surface area contributed by atoms with Crippen molar-refractivity contribution in [1.29, 1.82) is 0 Å². The average molecular weight is 245 g/mol. The molecule has 0 amide bonds. The highest BCUT2D eigenvalue weighted by molar-refractivity contribution is 5.38. The van der Waals surface area contributed by atoms with Crippen LogP contribution >= 0.6 is 0 Å². The SMILES string of the molecule is COc1cccc(Cn2nnc(N)c2C2CC2)n1. The summed E-state index contributed by atoms with van der Waals surface area (Å²) < 4.78 is 6.95. The summed E-state index contributed by atoms with van der Waals surface area (Å²) in [6, 6.07) is 5.68. The Labute approximate surface area is 105 Å². The van der Waals surface area contributed by atoms with Gasteiger partial charge < -0.3 is 10.5 Å². The Morgan fingerprint density at radius 2 is 2.28 bits per heavy atom. The van der Waals surface area contributed by atoms with Crippen molar-refractivity contribution in [2.45, 2.75) is 25.3 Å². The van der Waals surface area contributed by atoms with E-state index in [-0.39, 0.29) is 0 Å². The lowest BCUT2D eigenvalue weighted by Gasteiger charge is -2.06. The monoisotopic (exact) mass is 245 g/mol. The number of rotatable bonds is 4. The molecule has 1 aliphatic carbocycles. The highest BCUT2D eigenvalue weighted by atomic mass is 16.5. The molecule has 0 saturated heterocycles. The number of aromatic nitrogens is 4. The second-order valence-electron chi connectivity index (χ2n) is 4.46. The first-order valence-electron chi connectivity index (χ1n) is 5.96. The van der Waals surface area contributed by atoms with Crippen molar-refractivity contribution in [2.75, 3.05) is 12.8 Å². The molecule has 0 bridgehead atoms. The first-order chi connectivity index (χ1) is 8.78. The zero-order valence-electron chi connectivity index (χ0n) is 10.2. The summed E-state index contributed by atoms with van der Waals surface area (Å²) in [6.07, 6.45) is 2.34. The molecule has 2 heterocycles. The fourth-order valence-electron chi connectivity index (χ4n) is 2.04. The van der Waals surface area contributed by atoms with Crippen LogP contribution in [0.1, 0.15) is 30.1 Å². The van der Waals surface area contributed by atoms with Crippen molar-refractivity contribution in [2.24, 2.45) is 0 Å². The second kappa shape index (κ2) is 4.29. The maximum Gasteiger partial charge on any atom is 0.213 e. The molecule has 18 heavy (non-hydrogen) atoms. The lowest BCUT2D eigenvalue weighted by atomic mass is 10.2. The molecule has 2 N–H and O–H groups in total. The maximum absolute atomic E-state index is 5.85. The molecule has 0 unspecified atom stereocenters. The van der Waals surface area contributed by atoms with Crippen molar-refractivity contribution < 1.29 is 4.74 Å². The molecule has 2 aromatic heterocycles. The molecule has 6 heteroatoms. The van der Waals surface area contributed by atoms with E-state index in [2.05, 4.69) is 15.3 Å². The van der Waals surface area contributed by atoms with E-state index in [0.717, 1.165) is 11.4 Å². The quantitative estimate of drug-likeness (QED) is 0.875. The van der Waals surface area contributed by atoms with Crippen LogP contribution in [0.25, 0.3) is 0 Å². The van der Waals surface area contributed by atoms with Gasteiger partial charge in [-0.3, -0.25) is 0 Å². The number of methoxy groups -OCH3 is 1. The number of hydrogen-bond donors (Lipinski definition) is 1. The molecule has 1 saturated carbocycles. The molecule has 0 aromatic carbocycles. The van der Waals surface area contributed by atoms with Crippen LogP contribution in [0, 0.1) is 0 Å². The zero-order valence-corrected chi connectivity index (χ0v) is 10.2. The smallest absolute Gasteiger partial charge is 0.213 e. The molecule has 0 spiro atoms. The number of ether oxygens (including phenoxy) is 1. The van der Waals surface area contributed by atoms with Gasteiger partial charge in [0.1, 0.15) is 0 Å². The van der Waals surface area contributed by atoms with Crippen molar-refractivity contribution >= 4 is 5.82 Å². The molecular formula is C12H15N5O. The Kier molecular flexibility index (Phi) is 2.62. The Hall–Kier alpha value is -2.11. The van der Waals surface area contributed by atoms with Gasteiger partial charge in [-0.1, -0.05) is 11.3 Å². The minimum absolute atomic E-state index is 0.519. The van der Waals surface area contributed by atoms with E-state index >= 15 is 0 Å². The molecule has 1 fully saturated rings. The minimum atomic E-state index is 0.519. The van der Waals surface area contributed by atoms with E-state index in [1.807, 2.05) is 22.9 Å². The Bertz CT molecular complexity index is 561. The average Bonchev–Trinajstić information content (AvgIpc) is 3.15. The van der Waals surface area contributed by atoms with Gasteiger partial charge in [0.15, 0.2) is 5.82 Å². The van der Waals surface area contributed by atoms with E-state index in [1.165, 1.54) is 12.8 Å². The van der Waals surface area contributed by atoms with Crippen molar-refractivity contribution in [1.82, 2.24) is 20.0 Å². The molecule has 0 radical (unpaired) electrons. The van der Waals surface area contributed by atoms with E-state index in [0.29, 0.717) is 24.2 Å². The molecule has 94 valence electrons. The molecule has 0 aliphatic heterocycles. The first-order valence-corrected chi connectivity index (χ1v) is 5.96. The summed E-state index contributed by atoms with van der Waals surface area (Å²) in [7, 11) is 1.61. The number of nitrogens with zero attached hydrogens (tertiary/aromatic N) is 4. The van der Waals surface area contributed by atoms with Crippen LogP contribution in [0.5, 0.6) is 5.88 Å². The molecule has 2 aromatic rings. The Balaban J connectivity index is 1.87. The number of anilines is 1. The van der Waals surface area contributed by atoms with Gasteiger partial charge in [0.05, 0.1) is 25.0 Å². The van der Waals surface area contributed by atoms with E-state index in [1.54, 1.807) is 7.11 Å². The fraction of sp³-hybridized carbons (Fsp3) is 0.417. The molecular weight excluding hydrogens is 230 g/mol. The van der Waals surface area contributed by atoms with Gasteiger partial charge in [-0.25, -0.2) is 9.67 Å². The summed E-state index contributed by atoms with van der Waals surface area (Å²) in [6.45, 7) is 0.577. The van der Waals surface area contributed by atoms with Gasteiger partial charge in [-0.2, -0.15) is 0 Å². The number of nitrogens with two attached hydrogens (primary N) is 1. The van der Waals surface area contributed by atoms with Gasteiger partial charge in [0, 0.05) is 12.0 Å². The normalized spacial score (nSPS) is 14.7. The second-order valence-corrected chi connectivity index (χ2v) is 4.46. The summed E-state index contributed by atoms with van der Waals surface area (Å²) in [5.74, 6) is 1.67. The zero-order chi connectivity index (χ0) is 12.5. The predicted octanol–water partition coefficient (Wildman–Crippen LogP) is 1.19. The number of hydrogen-bond acceptors (Lipinski definition) is 5. The maximum atomic E-state index is 5.85. The topological polar surface area (TPSA) is 78.8 Å². The fourth-order valence-corrected chi connectivity index (χ4v) is 2.04. The largest absolute Gasteiger partial charge is 0.481 e. The summed E-state index contributed by atoms with van der Waals surface area (Å²) in [4.78, 5) is 4.36. The van der Waals surface area contributed by atoms with Gasteiger partial charge in [0.2, 0.25) is 5.88 Å². The minimum Gasteiger partial charge on any atom is -0.481 e. The molecule has 1 aliphatic rings. The van der Waals surface area contributed by atoms with Crippen LogP contribution in [0.15, 0.2) is 18.2 Å². The van der Waals surface area contributed by atoms with Crippen molar-refractivity contribution in [3.8, 4) is 5.88 Å². The van der Waals surface area contributed by atoms with Crippen LogP contribution in [0.3, 0.4) is 0 Å². The lowest BCUT2D eigenvalue weighted by Crippen LogP contribution is -2.08. The first kappa shape index (κ1) is 11.0. The predicted molar refractivity (Wildman–Crippen MR) is 66.3 cm³/mol. The van der Waals surface area contributed by atoms with Crippen LogP contribution in [-0.4, -0.2) is 27.1 Å². The van der Waals surface area contributed by atoms with Crippen LogP contribution < -0.4 is 10.5 Å². The highest BCUT2D eigenvalue weighted by Crippen LogP contribution is 2.42. The van der Waals surface area contributed by atoms with Gasteiger partial charge in [-0.05, 0) is 18.9 Å². The van der Waals surface area contributed by atoms with Crippen LogP contribution in [0.4, 0.5) is 5.82 Å². The molecule has 6 nitrogen and oxygen atoms in total. The van der Waals surface area contributed by atoms with Gasteiger partial charge in [-0.15, -0.1) is 5.10 Å². The third-order valence-electron chi connectivity index (χ3n) is 3.07. The Morgan fingerprint density at radius 1 is 1.44 bits per heavy atom. The molecule has 3 rings (SSSR count). The molecule has 0 atom stereocenters. The summed E-state index contributed by atoms with van der Waals surface area (Å²) in [5, 5.41) is 8.04. The Morgan fingerprint density at radius 3 is 3.00 bits per heavy atom. The standard InChI is InChI=1S/C12H15N5O/c1-18-10-4-2-3-9(14-10)7-17-11(8-5-6-8)12(13)15-16-17/h2-4,8H,5-7,13H2,1H3. The van der Waals surface area contributed by atoms with E-state index in [9.17, 15) is 0 Å². The van der Waals surface area contributed by atoms with Crippen molar-refractivity contribution in [3.63, 3.8) is 0 Å². The van der Waals surface area contributed by atoms with Crippen LogP contribution in [-0.2, 0) is 6.54 Å². The van der Waals surface area contributed by atoms with Gasteiger partial charge >= 0.3 is 0 Å². The third-order valence-corrected chi connectivity index (χ3v) is 3.07.